The van der Waals surface area contributed by atoms with Crippen LogP contribution in [-0.2, 0) is 9.53 Å². The molecule has 1 aromatic heterocycles. The molecule has 23 heavy (non-hydrogen) atoms. The topological polar surface area (TPSA) is 68.3 Å². The first-order chi connectivity index (χ1) is 10.9. The van der Waals surface area contributed by atoms with Crippen molar-refractivity contribution in [2.45, 2.75) is 26.9 Å². The van der Waals surface area contributed by atoms with Crippen LogP contribution in [0, 0.1) is 13.8 Å². The summed E-state index contributed by atoms with van der Waals surface area (Å²) in [5, 5.41) is 3.04. The molecule has 1 atom stereocenters. The van der Waals surface area contributed by atoms with Gasteiger partial charge in [-0.25, -0.2) is 9.78 Å². The molecule has 1 amide bonds. The van der Waals surface area contributed by atoms with Crippen LogP contribution in [0.5, 0.6) is 0 Å². The van der Waals surface area contributed by atoms with Gasteiger partial charge in [0.2, 0.25) is 0 Å². The van der Waals surface area contributed by atoms with Gasteiger partial charge in [-0.1, -0.05) is 29.3 Å². The van der Waals surface area contributed by atoms with Gasteiger partial charge in [0.15, 0.2) is 6.10 Å². The lowest BCUT2D eigenvalue weighted by atomic mass is 10.1. The number of ether oxygens (including phenoxy) is 1. The van der Waals surface area contributed by atoms with Crippen molar-refractivity contribution in [1.82, 2.24) is 4.98 Å². The highest BCUT2D eigenvalue weighted by Crippen LogP contribution is 2.14. The van der Waals surface area contributed by atoms with Crippen molar-refractivity contribution in [1.29, 1.82) is 0 Å². The molecule has 0 aliphatic rings. The molecular formula is C17H17ClN2O3. The lowest BCUT2D eigenvalue weighted by molar-refractivity contribution is -0.123. The molecule has 0 spiro atoms. The lowest BCUT2D eigenvalue weighted by Crippen LogP contribution is -2.30. The fraction of sp³-hybridized carbons (Fsp3) is 0.235. The predicted molar refractivity (Wildman–Crippen MR) is 88.7 cm³/mol. The highest BCUT2D eigenvalue weighted by Gasteiger charge is 2.20. The second kappa shape index (κ2) is 7.24. The van der Waals surface area contributed by atoms with Crippen LogP contribution in [0.2, 0.25) is 5.02 Å². The van der Waals surface area contributed by atoms with Gasteiger partial charge in [-0.05, 0) is 44.5 Å². The van der Waals surface area contributed by atoms with Crippen LogP contribution in [0.3, 0.4) is 0 Å². The molecule has 0 radical (unpaired) electrons. The number of hydrogen-bond donors (Lipinski definition) is 1. The normalized spacial score (nSPS) is 11.7. The Morgan fingerprint density at radius 3 is 2.61 bits per heavy atom. The third kappa shape index (κ3) is 4.53. The minimum absolute atomic E-state index is 0.342. The molecule has 5 nitrogen and oxygen atoms in total. The molecule has 1 heterocycles. The number of pyridine rings is 1. The molecule has 1 N–H and O–H groups in total. The summed E-state index contributed by atoms with van der Waals surface area (Å²) in [4.78, 5) is 28.2. The Morgan fingerprint density at radius 2 is 1.96 bits per heavy atom. The van der Waals surface area contributed by atoms with E-state index in [1.807, 2.05) is 26.0 Å². The van der Waals surface area contributed by atoms with Crippen LogP contribution in [-0.4, -0.2) is 23.0 Å². The van der Waals surface area contributed by atoms with Crippen LogP contribution in [0.25, 0.3) is 0 Å². The molecule has 0 saturated carbocycles. The smallest absolute Gasteiger partial charge is 0.339 e. The van der Waals surface area contributed by atoms with Crippen LogP contribution < -0.4 is 5.32 Å². The van der Waals surface area contributed by atoms with E-state index in [0.29, 0.717) is 16.4 Å². The van der Waals surface area contributed by atoms with Gasteiger partial charge in [-0.2, -0.15) is 0 Å². The fourth-order valence-corrected chi connectivity index (χ4v) is 2.02. The Bertz CT molecular complexity index is 729. The van der Waals surface area contributed by atoms with E-state index in [0.717, 1.165) is 11.1 Å². The van der Waals surface area contributed by atoms with Crippen molar-refractivity contribution in [3.05, 3.63) is 58.2 Å². The number of rotatable bonds is 4. The number of nitrogens with zero attached hydrogens (tertiary/aromatic N) is 1. The van der Waals surface area contributed by atoms with Crippen molar-refractivity contribution in [3.8, 4) is 0 Å². The van der Waals surface area contributed by atoms with Gasteiger partial charge in [0.25, 0.3) is 5.91 Å². The van der Waals surface area contributed by atoms with Crippen LogP contribution in [0.1, 0.15) is 28.4 Å². The average Bonchev–Trinajstić information content (AvgIpc) is 2.51. The number of hydrogen-bond acceptors (Lipinski definition) is 4. The minimum atomic E-state index is -0.945. The Labute approximate surface area is 139 Å². The van der Waals surface area contributed by atoms with Gasteiger partial charge in [0, 0.05) is 6.20 Å². The van der Waals surface area contributed by atoms with E-state index in [-0.39, 0.29) is 0 Å². The number of anilines is 1. The van der Waals surface area contributed by atoms with Crippen molar-refractivity contribution in [2.75, 3.05) is 5.32 Å². The largest absolute Gasteiger partial charge is 0.449 e. The Morgan fingerprint density at radius 1 is 1.22 bits per heavy atom. The van der Waals surface area contributed by atoms with Gasteiger partial charge in [0.05, 0.1) is 10.6 Å². The second-order valence-electron chi connectivity index (χ2n) is 5.22. The summed E-state index contributed by atoms with van der Waals surface area (Å²) in [6, 6.07) is 8.67. The van der Waals surface area contributed by atoms with E-state index >= 15 is 0 Å². The summed E-state index contributed by atoms with van der Waals surface area (Å²) >= 11 is 5.73. The number of aryl methyl sites for hydroxylation is 2. The van der Waals surface area contributed by atoms with Crippen molar-refractivity contribution >= 4 is 29.3 Å². The Kier molecular flexibility index (Phi) is 5.34. The Balaban J connectivity index is 2.01. The minimum Gasteiger partial charge on any atom is -0.449 e. The zero-order chi connectivity index (χ0) is 17.0. The van der Waals surface area contributed by atoms with E-state index in [2.05, 4.69) is 10.3 Å². The lowest BCUT2D eigenvalue weighted by Gasteiger charge is -2.14. The number of nitrogens with one attached hydrogen (secondary N) is 1. The first-order valence-electron chi connectivity index (χ1n) is 7.07. The van der Waals surface area contributed by atoms with Crippen molar-refractivity contribution in [2.24, 2.45) is 0 Å². The van der Waals surface area contributed by atoms with E-state index in [1.54, 1.807) is 18.2 Å². The standard InChI is InChI=1S/C17H17ClN2O3/c1-10-4-5-11(2)14(8-10)17(22)23-12(3)16(21)20-15-7-6-13(18)9-19-15/h4-9,12H,1-3H3,(H,19,20,21). The van der Waals surface area contributed by atoms with Gasteiger partial charge in [-0.15, -0.1) is 0 Å². The quantitative estimate of drug-likeness (QED) is 0.869. The molecule has 1 unspecified atom stereocenters. The number of halogens is 1. The molecular weight excluding hydrogens is 316 g/mol. The summed E-state index contributed by atoms with van der Waals surface area (Å²) in [6.45, 7) is 5.21. The molecule has 0 aliphatic heterocycles. The monoisotopic (exact) mass is 332 g/mol. The number of amides is 1. The van der Waals surface area contributed by atoms with Gasteiger partial charge in [0.1, 0.15) is 5.82 Å². The number of esters is 1. The molecule has 2 aromatic rings. The maximum Gasteiger partial charge on any atom is 0.339 e. The van der Waals surface area contributed by atoms with Crippen LogP contribution in [0.15, 0.2) is 36.5 Å². The van der Waals surface area contributed by atoms with E-state index in [9.17, 15) is 9.59 Å². The van der Waals surface area contributed by atoms with Crippen LogP contribution >= 0.6 is 11.6 Å². The number of carbonyl (C=O) groups excluding carboxylic acids is 2. The summed E-state index contributed by atoms with van der Waals surface area (Å²) in [5.41, 5.74) is 2.20. The highest BCUT2D eigenvalue weighted by molar-refractivity contribution is 6.30. The third-order valence-corrected chi connectivity index (χ3v) is 3.47. The molecule has 1 aromatic carbocycles. The predicted octanol–water partition coefficient (Wildman–Crippen LogP) is 3.54. The van der Waals surface area contributed by atoms with Crippen molar-refractivity contribution < 1.29 is 14.3 Å². The second-order valence-corrected chi connectivity index (χ2v) is 5.65. The molecule has 0 bridgehead atoms. The maximum atomic E-state index is 12.2. The van der Waals surface area contributed by atoms with Gasteiger partial charge < -0.3 is 10.1 Å². The van der Waals surface area contributed by atoms with E-state index in [4.69, 9.17) is 16.3 Å². The third-order valence-electron chi connectivity index (χ3n) is 3.24. The molecule has 0 fully saturated rings. The fourth-order valence-electron chi connectivity index (χ4n) is 1.91. The first kappa shape index (κ1) is 17.0. The zero-order valence-electron chi connectivity index (χ0n) is 13.1. The number of benzene rings is 1. The van der Waals surface area contributed by atoms with E-state index < -0.39 is 18.0 Å². The molecule has 2 rings (SSSR count). The molecule has 120 valence electrons. The van der Waals surface area contributed by atoms with Crippen molar-refractivity contribution in [3.63, 3.8) is 0 Å². The summed E-state index contributed by atoms with van der Waals surface area (Å²) < 4.78 is 5.23. The number of carbonyl (C=O) groups is 2. The first-order valence-corrected chi connectivity index (χ1v) is 7.45. The Hall–Kier alpha value is -2.40. The average molecular weight is 333 g/mol. The highest BCUT2D eigenvalue weighted by atomic mass is 35.5. The SMILES string of the molecule is Cc1ccc(C)c(C(=O)OC(C)C(=O)Nc2ccc(Cl)cn2)c1. The number of aromatic nitrogens is 1. The molecule has 0 saturated heterocycles. The molecule has 0 aliphatic carbocycles. The summed E-state index contributed by atoms with van der Waals surface area (Å²) in [5.74, 6) is -0.648. The van der Waals surface area contributed by atoms with Gasteiger partial charge >= 0.3 is 5.97 Å². The van der Waals surface area contributed by atoms with Gasteiger partial charge in [-0.3, -0.25) is 4.79 Å². The molecule has 6 heteroatoms. The summed E-state index contributed by atoms with van der Waals surface area (Å²) in [6.07, 6.45) is 0.476. The summed E-state index contributed by atoms with van der Waals surface area (Å²) in [7, 11) is 0. The zero-order valence-corrected chi connectivity index (χ0v) is 13.8. The van der Waals surface area contributed by atoms with E-state index in [1.165, 1.54) is 13.1 Å². The maximum absolute atomic E-state index is 12.2. The van der Waals surface area contributed by atoms with Crippen LogP contribution in [0.4, 0.5) is 5.82 Å².